The molecule has 0 spiro atoms. The zero-order chi connectivity index (χ0) is 20.2. The van der Waals surface area contributed by atoms with Gasteiger partial charge in [-0.05, 0) is 53.8 Å². The molecular formula is C24H23N3O2. The van der Waals surface area contributed by atoms with E-state index in [9.17, 15) is 9.59 Å². The number of anilines is 2. The lowest BCUT2D eigenvalue weighted by molar-refractivity contribution is 0.102. The largest absolute Gasteiger partial charge is 0.341 e. The van der Waals surface area contributed by atoms with E-state index in [4.69, 9.17) is 0 Å². The maximum atomic E-state index is 12.8. The van der Waals surface area contributed by atoms with Gasteiger partial charge in [0.15, 0.2) is 0 Å². The van der Waals surface area contributed by atoms with Gasteiger partial charge < -0.3 is 10.6 Å². The minimum atomic E-state index is -0.176. The van der Waals surface area contributed by atoms with Crippen LogP contribution in [0.2, 0.25) is 0 Å². The first-order valence-corrected chi connectivity index (χ1v) is 9.75. The van der Waals surface area contributed by atoms with E-state index in [0.29, 0.717) is 17.8 Å². The van der Waals surface area contributed by atoms with E-state index in [0.717, 1.165) is 35.2 Å². The molecule has 2 N–H and O–H groups in total. The van der Waals surface area contributed by atoms with Crippen molar-refractivity contribution in [2.75, 3.05) is 23.8 Å². The van der Waals surface area contributed by atoms with Gasteiger partial charge in [-0.1, -0.05) is 48.5 Å². The van der Waals surface area contributed by atoms with Gasteiger partial charge in [-0.3, -0.25) is 9.69 Å². The highest BCUT2D eigenvalue weighted by atomic mass is 16.2. The summed E-state index contributed by atoms with van der Waals surface area (Å²) in [6, 6.07) is 23.2. The summed E-state index contributed by atoms with van der Waals surface area (Å²) in [6.07, 6.45) is 1.86. The number of nitrogens with zero attached hydrogens (tertiary/aromatic N) is 1. The van der Waals surface area contributed by atoms with Crippen LogP contribution in [-0.4, -0.2) is 25.5 Å². The van der Waals surface area contributed by atoms with Crippen molar-refractivity contribution in [1.29, 1.82) is 0 Å². The molecule has 0 unspecified atom stereocenters. The number of hydrogen-bond acceptors (Lipinski definition) is 2. The monoisotopic (exact) mass is 385 g/mol. The molecule has 0 saturated carbocycles. The Hall–Kier alpha value is -3.60. The van der Waals surface area contributed by atoms with Gasteiger partial charge in [-0.25, -0.2) is 4.79 Å². The summed E-state index contributed by atoms with van der Waals surface area (Å²) in [6.45, 7) is 0.670. The molecule has 5 heteroatoms. The first-order valence-electron chi connectivity index (χ1n) is 9.75. The zero-order valence-electron chi connectivity index (χ0n) is 16.3. The van der Waals surface area contributed by atoms with E-state index in [2.05, 4.69) is 10.6 Å². The first kappa shape index (κ1) is 18.7. The summed E-state index contributed by atoms with van der Waals surface area (Å²) < 4.78 is 0. The lowest BCUT2D eigenvalue weighted by atomic mass is 10.0. The number of rotatable bonds is 3. The fraction of sp³-hybridized carbons (Fsp3) is 0.167. The summed E-state index contributed by atoms with van der Waals surface area (Å²) >= 11 is 0. The predicted octanol–water partition coefficient (Wildman–Crippen LogP) is 4.70. The van der Waals surface area contributed by atoms with Gasteiger partial charge in [0.1, 0.15) is 0 Å². The van der Waals surface area contributed by atoms with E-state index < -0.39 is 0 Å². The number of carbonyl (C=O) groups is 2. The van der Waals surface area contributed by atoms with Crippen molar-refractivity contribution >= 4 is 23.3 Å². The third-order valence-corrected chi connectivity index (χ3v) is 5.15. The molecule has 0 aliphatic carbocycles. The van der Waals surface area contributed by atoms with Crippen LogP contribution in [0.5, 0.6) is 0 Å². The highest BCUT2D eigenvalue weighted by Crippen LogP contribution is 2.30. The van der Waals surface area contributed by atoms with Crippen molar-refractivity contribution in [1.82, 2.24) is 5.32 Å². The first-order chi connectivity index (χ1) is 14.2. The summed E-state index contributed by atoms with van der Waals surface area (Å²) in [4.78, 5) is 26.7. The quantitative estimate of drug-likeness (QED) is 0.687. The van der Waals surface area contributed by atoms with Crippen LogP contribution < -0.4 is 15.5 Å². The van der Waals surface area contributed by atoms with Gasteiger partial charge in [0, 0.05) is 24.8 Å². The molecule has 146 valence electrons. The molecule has 0 saturated heterocycles. The number of urea groups is 1. The number of aryl methyl sites for hydroxylation is 1. The smallest absolute Gasteiger partial charge is 0.321 e. The van der Waals surface area contributed by atoms with Gasteiger partial charge in [-0.2, -0.15) is 0 Å². The molecule has 3 aromatic carbocycles. The Morgan fingerprint density at radius 1 is 0.897 bits per heavy atom. The Morgan fingerprint density at radius 2 is 1.69 bits per heavy atom. The van der Waals surface area contributed by atoms with Crippen LogP contribution >= 0.6 is 0 Å². The van der Waals surface area contributed by atoms with Gasteiger partial charge in [0.05, 0.1) is 5.69 Å². The number of carbonyl (C=O) groups excluding carboxylic acids is 2. The van der Waals surface area contributed by atoms with Crippen molar-refractivity contribution in [3.63, 3.8) is 0 Å². The summed E-state index contributed by atoms with van der Waals surface area (Å²) in [5.74, 6) is -0.176. The lowest BCUT2D eigenvalue weighted by Crippen LogP contribution is -2.41. The fourth-order valence-corrected chi connectivity index (χ4v) is 3.67. The number of hydrogen-bond donors (Lipinski definition) is 2. The molecule has 0 radical (unpaired) electrons. The average Bonchev–Trinajstić information content (AvgIpc) is 2.78. The van der Waals surface area contributed by atoms with Crippen LogP contribution in [0, 0.1) is 0 Å². The highest BCUT2D eigenvalue weighted by Gasteiger charge is 2.22. The van der Waals surface area contributed by atoms with E-state index >= 15 is 0 Å². The van der Waals surface area contributed by atoms with Gasteiger partial charge in [-0.15, -0.1) is 0 Å². The van der Waals surface area contributed by atoms with Gasteiger partial charge in [0.2, 0.25) is 0 Å². The van der Waals surface area contributed by atoms with E-state index in [1.807, 2.05) is 66.7 Å². The second-order valence-electron chi connectivity index (χ2n) is 7.05. The number of nitrogens with one attached hydrogen (secondary N) is 2. The summed E-state index contributed by atoms with van der Waals surface area (Å²) in [5.41, 5.74) is 5.30. The molecule has 5 nitrogen and oxygen atoms in total. The Kier molecular flexibility index (Phi) is 5.29. The second kappa shape index (κ2) is 8.19. The average molecular weight is 385 g/mol. The molecule has 0 bridgehead atoms. The van der Waals surface area contributed by atoms with Crippen LogP contribution in [0.4, 0.5) is 16.2 Å². The molecule has 3 amide bonds. The number of amides is 3. The van der Waals surface area contributed by atoms with Crippen LogP contribution in [-0.2, 0) is 6.42 Å². The normalized spacial score (nSPS) is 12.8. The minimum Gasteiger partial charge on any atom is -0.341 e. The molecule has 1 heterocycles. The molecule has 29 heavy (non-hydrogen) atoms. The lowest BCUT2D eigenvalue weighted by Gasteiger charge is -2.29. The minimum absolute atomic E-state index is 0.134. The van der Waals surface area contributed by atoms with Crippen LogP contribution in [0.3, 0.4) is 0 Å². The third kappa shape index (κ3) is 3.99. The van der Waals surface area contributed by atoms with E-state index in [-0.39, 0.29) is 11.9 Å². The second-order valence-corrected chi connectivity index (χ2v) is 7.05. The van der Waals surface area contributed by atoms with Crippen LogP contribution in [0.25, 0.3) is 11.1 Å². The molecule has 1 aliphatic heterocycles. The standard InChI is InChI=1S/C24H23N3O2/c1-25-24(29)27-14-6-11-18-12-13-21(16-22(18)27)26-23(28)20-10-5-9-19(15-20)17-7-3-2-4-8-17/h2-5,7-10,12-13,15-16H,6,11,14H2,1H3,(H,25,29)(H,26,28). The molecule has 1 aliphatic rings. The SMILES string of the molecule is CNC(=O)N1CCCc2ccc(NC(=O)c3cccc(-c4ccccc4)c3)cc21. The van der Waals surface area contributed by atoms with Crippen molar-refractivity contribution in [2.24, 2.45) is 0 Å². The summed E-state index contributed by atoms with van der Waals surface area (Å²) in [5, 5.41) is 5.65. The summed E-state index contributed by atoms with van der Waals surface area (Å²) in [7, 11) is 1.63. The number of benzene rings is 3. The fourth-order valence-electron chi connectivity index (χ4n) is 3.67. The molecule has 4 rings (SSSR count). The Balaban J connectivity index is 1.57. The zero-order valence-corrected chi connectivity index (χ0v) is 16.3. The third-order valence-electron chi connectivity index (χ3n) is 5.15. The van der Waals surface area contributed by atoms with E-state index in [1.54, 1.807) is 18.0 Å². The Morgan fingerprint density at radius 3 is 2.48 bits per heavy atom. The predicted molar refractivity (Wildman–Crippen MR) is 116 cm³/mol. The molecule has 0 fully saturated rings. The van der Waals surface area contributed by atoms with Crippen molar-refractivity contribution in [3.05, 3.63) is 83.9 Å². The van der Waals surface area contributed by atoms with E-state index in [1.165, 1.54) is 0 Å². The van der Waals surface area contributed by atoms with Crippen LogP contribution in [0.15, 0.2) is 72.8 Å². The van der Waals surface area contributed by atoms with Crippen molar-refractivity contribution in [3.8, 4) is 11.1 Å². The van der Waals surface area contributed by atoms with Crippen molar-refractivity contribution < 1.29 is 9.59 Å². The molecule has 0 atom stereocenters. The Labute approximate surface area is 170 Å². The van der Waals surface area contributed by atoms with Gasteiger partial charge >= 0.3 is 6.03 Å². The van der Waals surface area contributed by atoms with Crippen molar-refractivity contribution in [2.45, 2.75) is 12.8 Å². The topological polar surface area (TPSA) is 61.4 Å². The molecule has 0 aromatic heterocycles. The maximum absolute atomic E-state index is 12.8. The van der Waals surface area contributed by atoms with Gasteiger partial charge in [0.25, 0.3) is 5.91 Å². The molecular weight excluding hydrogens is 362 g/mol. The Bertz CT molecular complexity index is 1050. The molecule has 3 aromatic rings. The highest BCUT2D eigenvalue weighted by molar-refractivity contribution is 6.05. The van der Waals surface area contributed by atoms with Crippen LogP contribution in [0.1, 0.15) is 22.3 Å². The maximum Gasteiger partial charge on any atom is 0.321 e. The number of fused-ring (bicyclic) bond motifs is 1.